The van der Waals surface area contributed by atoms with Crippen LogP contribution in [0.3, 0.4) is 0 Å². The van der Waals surface area contributed by atoms with Crippen LogP contribution in [0, 0.1) is 12.3 Å². The fourth-order valence-corrected chi connectivity index (χ4v) is 4.60. The molecule has 0 spiro atoms. The fourth-order valence-electron chi connectivity index (χ4n) is 3.07. The summed E-state index contributed by atoms with van der Waals surface area (Å²) in [6.45, 7) is 8.51. The number of nitrogens with zero attached hydrogens (tertiary/aromatic N) is 5. The van der Waals surface area contributed by atoms with Crippen molar-refractivity contribution in [2.75, 3.05) is 26.2 Å². The van der Waals surface area contributed by atoms with Crippen LogP contribution >= 0.6 is 0 Å². The van der Waals surface area contributed by atoms with Gasteiger partial charge >= 0.3 is 0 Å². The molecule has 0 bridgehead atoms. The predicted octanol–water partition coefficient (Wildman–Crippen LogP) is 1.73. The van der Waals surface area contributed by atoms with Crippen molar-refractivity contribution < 1.29 is 13.2 Å². The lowest BCUT2D eigenvalue weighted by Gasteiger charge is -2.37. The van der Waals surface area contributed by atoms with Crippen LogP contribution in [0.1, 0.15) is 26.5 Å². The maximum Gasteiger partial charge on any atom is 0.246 e. The highest BCUT2D eigenvalue weighted by Crippen LogP contribution is 2.23. The van der Waals surface area contributed by atoms with Gasteiger partial charge in [-0.15, -0.1) is 0 Å². The lowest BCUT2D eigenvalue weighted by molar-refractivity contribution is -0.140. The minimum Gasteiger partial charge on any atom is -0.340 e. The Labute approximate surface area is 165 Å². The van der Waals surface area contributed by atoms with E-state index in [-0.39, 0.29) is 23.9 Å². The molecule has 3 rings (SSSR count). The van der Waals surface area contributed by atoms with E-state index in [9.17, 15) is 13.2 Å². The largest absolute Gasteiger partial charge is 0.340 e. The third-order valence-electron chi connectivity index (χ3n) is 4.61. The number of hydrogen-bond acceptors (Lipinski definition) is 6. The Hall–Kier alpha value is -2.39. The lowest BCUT2D eigenvalue weighted by atomic mass is 9.94. The summed E-state index contributed by atoms with van der Waals surface area (Å²) in [5.41, 5.74) is 0.486. The number of pyridine rings is 1. The van der Waals surface area contributed by atoms with E-state index in [1.807, 2.05) is 26.8 Å². The first-order valence-corrected chi connectivity index (χ1v) is 10.6. The Morgan fingerprint density at radius 1 is 1.07 bits per heavy atom. The molecule has 1 amide bonds. The quantitative estimate of drug-likeness (QED) is 0.774. The number of sulfonamides is 1. The van der Waals surface area contributed by atoms with Crippen molar-refractivity contribution in [2.24, 2.45) is 5.41 Å². The van der Waals surface area contributed by atoms with Crippen molar-refractivity contribution >= 4 is 15.9 Å². The van der Waals surface area contributed by atoms with E-state index < -0.39 is 15.4 Å². The number of carbonyl (C=O) groups excluding carboxylic acids is 1. The van der Waals surface area contributed by atoms with Crippen LogP contribution in [0.4, 0.5) is 0 Å². The predicted molar refractivity (Wildman–Crippen MR) is 105 cm³/mol. The number of amides is 1. The molecule has 150 valence electrons. The van der Waals surface area contributed by atoms with Gasteiger partial charge in [0.15, 0.2) is 5.82 Å². The molecule has 2 aromatic rings. The normalized spacial score (nSPS) is 16.2. The van der Waals surface area contributed by atoms with Gasteiger partial charge in [0.2, 0.25) is 15.9 Å². The molecular formula is C19H25N5O3S. The molecule has 0 unspecified atom stereocenters. The number of aryl methyl sites for hydroxylation is 1. The average molecular weight is 404 g/mol. The second-order valence-electron chi connectivity index (χ2n) is 7.80. The zero-order valence-electron chi connectivity index (χ0n) is 16.6. The Kier molecular flexibility index (Phi) is 5.49. The van der Waals surface area contributed by atoms with Crippen LogP contribution in [-0.2, 0) is 14.8 Å². The van der Waals surface area contributed by atoms with Gasteiger partial charge < -0.3 is 4.90 Å². The van der Waals surface area contributed by atoms with Gasteiger partial charge in [0.1, 0.15) is 10.6 Å². The first-order chi connectivity index (χ1) is 13.1. The fraction of sp³-hybridized carbons (Fsp3) is 0.474. The van der Waals surface area contributed by atoms with Crippen LogP contribution in [0.5, 0.6) is 0 Å². The summed E-state index contributed by atoms with van der Waals surface area (Å²) in [6, 6.07) is 5.39. The molecule has 0 aliphatic carbocycles. The van der Waals surface area contributed by atoms with Crippen molar-refractivity contribution in [2.45, 2.75) is 32.6 Å². The topological polar surface area (TPSA) is 96.4 Å². The molecule has 1 saturated heterocycles. The van der Waals surface area contributed by atoms with Crippen LogP contribution in [0.2, 0.25) is 0 Å². The van der Waals surface area contributed by atoms with Crippen molar-refractivity contribution in [1.82, 2.24) is 24.2 Å². The van der Waals surface area contributed by atoms with Crippen LogP contribution < -0.4 is 0 Å². The smallest absolute Gasteiger partial charge is 0.246 e. The molecule has 1 aliphatic heterocycles. The summed E-state index contributed by atoms with van der Waals surface area (Å²) >= 11 is 0. The van der Waals surface area contributed by atoms with E-state index in [4.69, 9.17) is 0 Å². The zero-order valence-corrected chi connectivity index (χ0v) is 17.4. The monoisotopic (exact) mass is 403 g/mol. The maximum absolute atomic E-state index is 13.1. The van der Waals surface area contributed by atoms with Crippen molar-refractivity contribution in [1.29, 1.82) is 0 Å². The van der Waals surface area contributed by atoms with Crippen molar-refractivity contribution in [3.05, 3.63) is 36.3 Å². The molecule has 0 aromatic carbocycles. The molecule has 0 N–H and O–H groups in total. The number of carbonyl (C=O) groups is 1. The van der Waals surface area contributed by atoms with Crippen molar-refractivity contribution in [3.8, 4) is 11.5 Å². The van der Waals surface area contributed by atoms with E-state index in [0.717, 1.165) is 0 Å². The van der Waals surface area contributed by atoms with Gasteiger partial charge in [-0.05, 0) is 19.1 Å². The minimum absolute atomic E-state index is 0.0313. The summed E-state index contributed by atoms with van der Waals surface area (Å²) in [5.74, 6) is 0.418. The highest BCUT2D eigenvalue weighted by atomic mass is 32.2. The van der Waals surface area contributed by atoms with Gasteiger partial charge in [0.25, 0.3) is 0 Å². The number of rotatable bonds is 3. The van der Waals surface area contributed by atoms with Crippen LogP contribution in [-0.4, -0.2) is 64.7 Å². The Bertz CT molecular complexity index is 963. The summed E-state index contributed by atoms with van der Waals surface area (Å²) in [7, 11) is -3.73. The van der Waals surface area contributed by atoms with Gasteiger partial charge in [-0.2, -0.15) is 4.31 Å². The average Bonchev–Trinajstić information content (AvgIpc) is 2.67. The Balaban J connectivity index is 1.78. The van der Waals surface area contributed by atoms with E-state index in [1.165, 1.54) is 10.5 Å². The van der Waals surface area contributed by atoms with Crippen LogP contribution in [0.25, 0.3) is 11.5 Å². The van der Waals surface area contributed by atoms with E-state index in [0.29, 0.717) is 30.3 Å². The molecule has 2 aromatic heterocycles. The molecule has 9 heteroatoms. The van der Waals surface area contributed by atoms with E-state index in [1.54, 1.807) is 30.2 Å². The first-order valence-electron chi connectivity index (χ1n) is 9.15. The van der Waals surface area contributed by atoms with Crippen molar-refractivity contribution in [3.63, 3.8) is 0 Å². The Morgan fingerprint density at radius 2 is 1.75 bits per heavy atom. The SMILES string of the molecule is Cc1nc(-c2ccccn2)ncc1S(=O)(=O)N1CCN(C(=O)C(C)(C)C)CC1. The molecule has 0 atom stereocenters. The maximum atomic E-state index is 13.1. The van der Waals surface area contributed by atoms with Gasteiger partial charge in [-0.1, -0.05) is 26.8 Å². The lowest BCUT2D eigenvalue weighted by Crippen LogP contribution is -2.53. The second kappa shape index (κ2) is 7.56. The molecule has 8 nitrogen and oxygen atoms in total. The molecule has 1 fully saturated rings. The number of piperazine rings is 1. The molecule has 0 saturated carbocycles. The van der Waals surface area contributed by atoms with Gasteiger partial charge in [0.05, 0.1) is 11.9 Å². The van der Waals surface area contributed by atoms with Gasteiger partial charge in [-0.25, -0.2) is 18.4 Å². The standard InChI is InChI=1S/C19H25N5O3S/c1-14-16(13-21-17(22-14)15-7-5-6-8-20-15)28(26,27)24-11-9-23(10-12-24)18(25)19(2,3)4/h5-8,13H,9-12H2,1-4H3. The second-order valence-corrected chi connectivity index (χ2v) is 9.71. The molecule has 1 aliphatic rings. The summed E-state index contributed by atoms with van der Waals surface area (Å²) < 4.78 is 27.5. The molecular weight excluding hydrogens is 378 g/mol. The summed E-state index contributed by atoms with van der Waals surface area (Å²) in [4.78, 5) is 26.9. The third kappa shape index (κ3) is 4.05. The highest BCUT2D eigenvalue weighted by molar-refractivity contribution is 7.89. The third-order valence-corrected chi connectivity index (χ3v) is 6.62. The first kappa shape index (κ1) is 20.3. The van der Waals surface area contributed by atoms with Gasteiger partial charge in [-0.3, -0.25) is 9.78 Å². The van der Waals surface area contributed by atoms with Gasteiger partial charge in [0, 0.05) is 37.8 Å². The summed E-state index contributed by atoms with van der Waals surface area (Å²) in [5, 5.41) is 0. The van der Waals surface area contributed by atoms with E-state index in [2.05, 4.69) is 15.0 Å². The zero-order chi connectivity index (χ0) is 20.5. The Morgan fingerprint density at radius 3 is 2.29 bits per heavy atom. The van der Waals surface area contributed by atoms with Crippen LogP contribution in [0.15, 0.2) is 35.5 Å². The molecule has 3 heterocycles. The molecule has 0 radical (unpaired) electrons. The minimum atomic E-state index is -3.73. The highest BCUT2D eigenvalue weighted by Gasteiger charge is 2.34. The number of aromatic nitrogens is 3. The number of hydrogen-bond donors (Lipinski definition) is 0. The van der Waals surface area contributed by atoms with E-state index >= 15 is 0 Å². The molecule has 28 heavy (non-hydrogen) atoms. The summed E-state index contributed by atoms with van der Waals surface area (Å²) in [6.07, 6.45) is 2.98.